The number of ether oxygens (including phenoxy) is 1. The molecular weight excluding hydrogens is 338 g/mol. The highest BCUT2D eigenvalue weighted by molar-refractivity contribution is 5.87. The summed E-state index contributed by atoms with van der Waals surface area (Å²) >= 11 is 0. The molecule has 0 aliphatic carbocycles. The number of nitrogens with zero attached hydrogens (tertiary/aromatic N) is 2. The van der Waals surface area contributed by atoms with Gasteiger partial charge in [-0.25, -0.2) is 0 Å². The largest absolute Gasteiger partial charge is 0.497 e. The lowest BCUT2D eigenvalue weighted by Crippen LogP contribution is -2.50. The molecule has 1 amide bonds. The fraction of sp³-hybridized carbons (Fsp3) is 0.632. The average molecular weight is 368 g/mol. The van der Waals surface area contributed by atoms with Crippen molar-refractivity contribution in [2.45, 2.75) is 31.7 Å². The van der Waals surface area contributed by atoms with Crippen molar-refractivity contribution in [3.05, 3.63) is 29.8 Å². The number of likely N-dealkylation sites (tertiary alicyclic amines) is 1. The first-order valence-electron chi connectivity index (χ1n) is 8.91. The number of hydrogen-bond acceptors (Lipinski definition) is 4. The zero-order valence-electron chi connectivity index (χ0n) is 15.5. The van der Waals surface area contributed by atoms with E-state index in [0.29, 0.717) is 6.04 Å². The number of methoxy groups -OCH3 is 1. The molecule has 0 radical (unpaired) electrons. The molecule has 1 atom stereocenters. The van der Waals surface area contributed by atoms with Gasteiger partial charge in [-0.15, -0.1) is 12.4 Å². The maximum absolute atomic E-state index is 13.1. The van der Waals surface area contributed by atoms with Crippen molar-refractivity contribution in [3.8, 4) is 5.75 Å². The van der Waals surface area contributed by atoms with Gasteiger partial charge in [0.25, 0.3) is 0 Å². The van der Waals surface area contributed by atoms with Crippen molar-refractivity contribution < 1.29 is 9.53 Å². The summed E-state index contributed by atoms with van der Waals surface area (Å²) in [5.41, 5.74) is 0.531. The van der Waals surface area contributed by atoms with Crippen LogP contribution in [0.2, 0.25) is 0 Å². The van der Waals surface area contributed by atoms with E-state index >= 15 is 0 Å². The number of piperazine rings is 1. The van der Waals surface area contributed by atoms with Gasteiger partial charge in [0.15, 0.2) is 0 Å². The van der Waals surface area contributed by atoms with E-state index in [9.17, 15) is 4.79 Å². The normalized spacial score (nSPS) is 21.7. The molecule has 2 aliphatic heterocycles. The average Bonchev–Trinajstić information content (AvgIpc) is 3.12. The molecule has 1 unspecified atom stereocenters. The predicted octanol–water partition coefficient (Wildman–Crippen LogP) is 1.90. The SMILES string of the molecule is COc1ccc(C(C)(C)C(=O)N2CCC(N3CCNCC3)C2)cc1.Cl. The molecule has 0 bridgehead atoms. The van der Waals surface area contributed by atoms with Crippen LogP contribution in [0.4, 0.5) is 0 Å². The van der Waals surface area contributed by atoms with E-state index in [0.717, 1.165) is 57.0 Å². The lowest BCUT2D eigenvalue weighted by Gasteiger charge is -2.34. The molecule has 0 aromatic heterocycles. The first-order valence-corrected chi connectivity index (χ1v) is 8.91. The van der Waals surface area contributed by atoms with Crippen LogP contribution in [0.15, 0.2) is 24.3 Å². The third-order valence-electron chi connectivity index (χ3n) is 5.46. The summed E-state index contributed by atoms with van der Waals surface area (Å²) < 4.78 is 5.22. The Bertz CT molecular complexity index is 571. The number of carbonyl (C=O) groups is 1. The van der Waals surface area contributed by atoms with Gasteiger partial charge in [0.05, 0.1) is 12.5 Å². The van der Waals surface area contributed by atoms with Crippen LogP contribution in [0.1, 0.15) is 25.8 Å². The third kappa shape index (κ3) is 4.27. The number of amides is 1. The minimum Gasteiger partial charge on any atom is -0.497 e. The monoisotopic (exact) mass is 367 g/mol. The van der Waals surface area contributed by atoms with Crippen LogP contribution in [0.25, 0.3) is 0 Å². The van der Waals surface area contributed by atoms with Gasteiger partial charge in [0.1, 0.15) is 5.75 Å². The lowest BCUT2D eigenvalue weighted by atomic mass is 9.83. The summed E-state index contributed by atoms with van der Waals surface area (Å²) in [6.07, 6.45) is 1.09. The Morgan fingerprint density at radius 2 is 1.80 bits per heavy atom. The maximum Gasteiger partial charge on any atom is 0.232 e. The Hall–Kier alpha value is -1.30. The van der Waals surface area contributed by atoms with Crippen LogP contribution < -0.4 is 10.1 Å². The molecule has 5 nitrogen and oxygen atoms in total. The summed E-state index contributed by atoms with van der Waals surface area (Å²) in [4.78, 5) is 17.7. The third-order valence-corrected chi connectivity index (χ3v) is 5.46. The summed E-state index contributed by atoms with van der Waals surface area (Å²) in [7, 11) is 1.66. The molecular formula is C19H30ClN3O2. The highest BCUT2D eigenvalue weighted by atomic mass is 35.5. The van der Waals surface area contributed by atoms with E-state index < -0.39 is 5.41 Å². The Morgan fingerprint density at radius 3 is 2.40 bits per heavy atom. The smallest absolute Gasteiger partial charge is 0.232 e. The van der Waals surface area contributed by atoms with Crippen LogP contribution in [0.5, 0.6) is 5.75 Å². The van der Waals surface area contributed by atoms with E-state index in [2.05, 4.69) is 15.1 Å². The lowest BCUT2D eigenvalue weighted by molar-refractivity contribution is -0.135. The van der Waals surface area contributed by atoms with Crippen molar-refractivity contribution >= 4 is 18.3 Å². The molecule has 6 heteroatoms. The Labute approximate surface area is 157 Å². The van der Waals surface area contributed by atoms with Crippen LogP contribution in [0.3, 0.4) is 0 Å². The molecule has 1 aromatic carbocycles. The number of rotatable bonds is 4. The van der Waals surface area contributed by atoms with Crippen molar-refractivity contribution in [2.24, 2.45) is 0 Å². The standard InChI is InChI=1S/C19H29N3O2.ClH/c1-19(2,15-4-6-17(24-3)7-5-15)18(23)22-11-8-16(14-22)21-12-9-20-10-13-21;/h4-7,16,20H,8-14H2,1-3H3;1H. The fourth-order valence-electron chi connectivity index (χ4n) is 3.80. The summed E-state index contributed by atoms with van der Waals surface area (Å²) in [6.45, 7) is 10.1. The molecule has 3 rings (SSSR count). The van der Waals surface area contributed by atoms with Gasteiger partial charge >= 0.3 is 0 Å². The first-order chi connectivity index (χ1) is 11.5. The summed E-state index contributed by atoms with van der Waals surface area (Å²) in [6, 6.07) is 8.37. The topological polar surface area (TPSA) is 44.8 Å². The molecule has 0 spiro atoms. The van der Waals surface area contributed by atoms with Crippen molar-refractivity contribution in [2.75, 3.05) is 46.4 Å². The molecule has 1 aromatic rings. The maximum atomic E-state index is 13.1. The second kappa shape index (κ2) is 8.39. The van der Waals surface area contributed by atoms with Crippen LogP contribution >= 0.6 is 12.4 Å². The fourth-order valence-corrected chi connectivity index (χ4v) is 3.80. The van der Waals surface area contributed by atoms with E-state index in [1.54, 1.807) is 7.11 Å². The second-order valence-electron chi connectivity index (χ2n) is 7.33. The van der Waals surface area contributed by atoms with E-state index in [1.807, 2.05) is 38.1 Å². The predicted molar refractivity (Wildman–Crippen MR) is 103 cm³/mol. The van der Waals surface area contributed by atoms with Gasteiger partial charge < -0.3 is 15.0 Å². The van der Waals surface area contributed by atoms with Crippen molar-refractivity contribution in [1.29, 1.82) is 0 Å². The number of carbonyl (C=O) groups excluding carboxylic acids is 1. The molecule has 2 heterocycles. The van der Waals surface area contributed by atoms with Gasteiger partial charge in [-0.2, -0.15) is 0 Å². The highest BCUT2D eigenvalue weighted by Crippen LogP contribution is 2.29. The van der Waals surface area contributed by atoms with E-state index in [4.69, 9.17) is 4.74 Å². The molecule has 2 fully saturated rings. The first kappa shape index (κ1) is 20.0. The van der Waals surface area contributed by atoms with Crippen LogP contribution in [-0.4, -0.2) is 68.1 Å². The zero-order chi connectivity index (χ0) is 17.2. The quantitative estimate of drug-likeness (QED) is 0.882. The summed E-state index contributed by atoms with van der Waals surface area (Å²) in [5, 5.41) is 3.39. The minimum atomic E-state index is -0.509. The Balaban J connectivity index is 0.00000225. The minimum absolute atomic E-state index is 0. The van der Waals surface area contributed by atoms with E-state index in [-0.39, 0.29) is 18.3 Å². The van der Waals surface area contributed by atoms with Gasteiger partial charge in [0, 0.05) is 45.3 Å². The second-order valence-corrected chi connectivity index (χ2v) is 7.33. The Kier molecular flexibility index (Phi) is 6.72. The van der Waals surface area contributed by atoms with Crippen molar-refractivity contribution in [1.82, 2.24) is 15.1 Å². The van der Waals surface area contributed by atoms with Gasteiger partial charge in [0.2, 0.25) is 5.91 Å². The molecule has 25 heavy (non-hydrogen) atoms. The summed E-state index contributed by atoms with van der Waals surface area (Å²) in [5.74, 6) is 1.05. The van der Waals surface area contributed by atoms with Gasteiger partial charge in [-0.05, 0) is 38.0 Å². The van der Waals surface area contributed by atoms with Gasteiger partial charge in [-0.1, -0.05) is 12.1 Å². The number of benzene rings is 1. The molecule has 2 saturated heterocycles. The van der Waals surface area contributed by atoms with Crippen LogP contribution in [0, 0.1) is 0 Å². The molecule has 140 valence electrons. The number of hydrogen-bond donors (Lipinski definition) is 1. The van der Waals surface area contributed by atoms with Crippen molar-refractivity contribution in [3.63, 3.8) is 0 Å². The van der Waals surface area contributed by atoms with E-state index in [1.165, 1.54) is 0 Å². The van der Waals surface area contributed by atoms with Gasteiger partial charge in [-0.3, -0.25) is 9.69 Å². The number of halogens is 1. The Morgan fingerprint density at radius 1 is 1.16 bits per heavy atom. The molecule has 0 saturated carbocycles. The molecule has 1 N–H and O–H groups in total. The van der Waals surface area contributed by atoms with Crippen LogP contribution in [-0.2, 0) is 10.2 Å². The molecule has 2 aliphatic rings. The highest BCUT2D eigenvalue weighted by Gasteiger charge is 2.38. The number of nitrogens with one attached hydrogen (secondary N) is 1. The zero-order valence-corrected chi connectivity index (χ0v) is 16.3.